The van der Waals surface area contributed by atoms with E-state index in [1.165, 1.54) is 43.8 Å². The van der Waals surface area contributed by atoms with Crippen molar-refractivity contribution in [1.82, 2.24) is 24.9 Å². The Bertz CT molecular complexity index is 1160. The molecule has 0 atom stereocenters. The van der Waals surface area contributed by atoms with Gasteiger partial charge in [0.2, 0.25) is 5.95 Å². The number of hydrogen-bond donors (Lipinski definition) is 6. The number of imidazole rings is 1. The molecule has 0 aromatic carbocycles. The molecule has 3 heterocycles. The van der Waals surface area contributed by atoms with Crippen LogP contribution in [0.4, 0.5) is 21.6 Å². The van der Waals surface area contributed by atoms with Crippen LogP contribution in [0.5, 0.6) is 0 Å². The van der Waals surface area contributed by atoms with Crippen molar-refractivity contribution in [3.05, 3.63) is 42.2 Å². The molecule has 5 rings (SSSR count). The minimum Gasteiger partial charge on any atom is -0.395 e. The molecule has 0 radical (unpaired) electrons. The quantitative estimate of drug-likeness (QED) is 0.177. The second kappa shape index (κ2) is 13.3. The Hall–Kier alpha value is -3.35. The summed E-state index contributed by atoms with van der Waals surface area (Å²) < 4.78 is 14.9. The van der Waals surface area contributed by atoms with Gasteiger partial charge in [0, 0.05) is 49.2 Å². The van der Waals surface area contributed by atoms with Gasteiger partial charge in [-0.1, -0.05) is 19.3 Å². The molecule has 200 valence electrons. The SMILES string of the molecule is O=C(Nc1ccnc(F)c1)c1cnc2c(NC3CC3)cc(NC3CCCCC3)nn12.OCCNCCO. The standard InChI is InChI=1S/C21H24FN7O.C4H11NO2/c22-18-10-15(8-9-23-18)27-21(30)17-12-24-20-16(25-14-6-7-14)11-19(28-29(17)20)26-13-4-2-1-3-5-13;6-3-1-5-2-4-7/h8-14,25H,1-7H2,(H,26,28)(H,23,27,30);5-7H,1-4H2. The largest absolute Gasteiger partial charge is 0.395 e. The van der Waals surface area contributed by atoms with E-state index < -0.39 is 11.9 Å². The van der Waals surface area contributed by atoms with Gasteiger partial charge in [-0.25, -0.2) is 14.5 Å². The average molecular weight is 515 g/mol. The fourth-order valence-corrected chi connectivity index (χ4v) is 4.16. The Balaban J connectivity index is 0.000000405. The number of pyridine rings is 1. The van der Waals surface area contributed by atoms with Crippen LogP contribution in [-0.4, -0.2) is 74.1 Å². The molecule has 37 heavy (non-hydrogen) atoms. The molecule has 12 heteroatoms. The highest BCUT2D eigenvalue weighted by atomic mass is 19.1. The molecule has 3 aromatic heterocycles. The van der Waals surface area contributed by atoms with Gasteiger partial charge in [0.15, 0.2) is 11.3 Å². The van der Waals surface area contributed by atoms with Crippen LogP contribution in [0.3, 0.4) is 0 Å². The number of aliphatic hydroxyl groups excluding tert-OH is 2. The third-order valence-electron chi connectivity index (χ3n) is 6.16. The van der Waals surface area contributed by atoms with Crippen molar-refractivity contribution < 1.29 is 19.4 Å². The van der Waals surface area contributed by atoms with E-state index in [4.69, 9.17) is 10.2 Å². The lowest BCUT2D eigenvalue weighted by atomic mass is 9.95. The summed E-state index contributed by atoms with van der Waals surface area (Å²) in [5.74, 6) is -0.341. The van der Waals surface area contributed by atoms with Gasteiger partial charge in [-0.3, -0.25) is 4.79 Å². The van der Waals surface area contributed by atoms with Gasteiger partial charge in [-0.05, 0) is 31.7 Å². The Kier molecular flexibility index (Phi) is 9.58. The minimum atomic E-state index is -0.654. The molecule has 0 spiro atoms. The number of nitrogens with one attached hydrogen (secondary N) is 4. The molecule has 0 bridgehead atoms. The number of halogens is 1. The van der Waals surface area contributed by atoms with Gasteiger partial charge < -0.3 is 31.5 Å². The normalized spacial score (nSPS) is 15.6. The van der Waals surface area contributed by atoms with Crippen molar-refractivity contribution in [3.8, 4) is 0 Å². The fourth-order valence-electron chi connectivity index (χ4n) is 4.16. The summed E-state index contributed by atoms with van der Waals surface area (Å²) in [5, 5.41) is 33.4. The van der Waals surface area contributed by atoms with Crippen molar-refractivity contribution in [1.29, 1.82) is 0 Å². The van der Waals surface area contributed by atoms with Crippen LogP contribution in [0.25, 0.3) is 5.65 Å². The van der Waals surface area contributed by atoms with Gasteiger partial charge in [0.25, 0.3) is 5.91 Å². The maximum atomic E-state index is 13.4. The highest BCUT2D eigenvalue weighted by Crippen LogP contribution is 2.29. The molecule has 2 aliphatic carbocycles. The lowest BCUT2D eigenvalue weighted by Crippen LogP contribution is -2.24. The highest BCUT2D eigenvalue weighted by molar-refractivity contribution is 6.03. The summed E-state index contributed by atoms with van der Waals surface area (Å²) in [7, 11) is 0. The van der Waals surface area contributed by atoms with Crippen LogP contribution in [-0.2, 0) is 0 Å². The van der Waals surface area contributed by atoms with Crippen molar-refractivity contribution in [2.75, 3.05) is 42.3 Å². The van der Waals surface area contributed by atoms with Crippen LogP contribution < -0.4 is 21.3 Å². The van der Waals surface area contributed by atoms with Crippen LogP contribution in [0.1, 0.15) is 55.4 Å². The highest BCUT2D eigenvalue weighted by Gasteiger charge is 2.25. The predicted octanol–water partition coefficient (Wildman–Crippen LogP) is 2.40. The first-order chi connectivity index (χ1) is 18.1. The van der Waals surface area contributed by atoms with E-state index in [0.717, 1.165) is 37.2 Å². The van der Waals surface area contributed by atoms with E-state index >= 15 is 0 Å². The number of nitrogens with zero attached hydrogens (tertiary/aromatic N) is 4. The zero-order valence-corrected chi connectivity index (χ0v) is 20.8. The molecule has 3 aromatic rings. The second-order valence-corrected chi connectivity index (χ2v) is 9.24. The van der Waals surface area contributed by atoms with E-state index in [1.54, 1.807) is 4.52 Å². The number of aliphatic hydroxyl groups is 2. The van der Waals surface area contributed by atoms with E-state index in [0.29, 0.717) is 36.5 Å². The number of hydrogen-bond acceptors (Lipinski definition) is 9. The van der Waals surface area contributed by atoms with Gasteiger partial charge in [0.1, 0.15) is 5.82 Å². The van der Waals surface area contributed by atoms with Crippen molar-refractivity contribution in [2.45, 2.75) is 57.0 Å². The molecule has 1 amide bonds. The van der Waals surface area contributed by atoms with E-state index in [1.807, 2.05) is 6.07 Å². The number of rotatable bonds is 10. The van der Waals surface area contributed by atoms with Crippen LogP contribution >= 0.6 is 0 Å². The van der Waals surface area contributed by atoms with Gasteiger partial charge >= 0.3 is 0 Å². The van der Waals surface area contributed by atoms with Gasteiger partial charge in [0.05, 0.1) is 25.1 Å². The van der Waals surface area contributed by atoms with Crippen LogP contribution in [0, 0.1) is 5.95 Å². The Morgan fingerprint density at radius 1 is 1.00 bits per heavy atom. The van der Waals surface area contributed by atoms with Crippen molar-refractivity contribution >= 4 is 28.7 Å². The van der Waals surface area contributed by atoms with E-state index in [-0.39, 0.29) is 18.9 Å². The molecule has 0 unspecified atom stereocenters. The zero-order chi connectivity index (χ0) is 26.0. The van der Waals surface area contributed by atoms with Crippen LogP contribution in [0.2, 0.25) is 0 Å². The third kappa shape index (κ3) is 7.81. The molecule has 6 N–H and O–H groups in total. The lowest BCUT2D eigenvalue weighted by Gasteiger charge is -2.23. The minimum absolute atomic E-state index is 0.139. The molecule has 2 saturated carbocycles. The maximum absolute atomic E-state index is 13.4. The second-order valence-electron chi connectivity index (χ2n) is 9.24. The first kappa shape index (κ1) is 26.7. The Morgan fingerprint density at radius 2 is 1.73 bits per heavy atom. The summed E-state index contributed by atoms with van der Waals surface area (Å²) >= 11 is 0. The number of anilines is 3. The number of fused-ring (bicyclic) bond motifs is 1. The van der Waals surface area contributed by atoms with Gasteiger partial charge in [-0.2, -0.15) is 4.39 Å². The predicted molar refractivity (Wildman–Crippen MR) is 139 cm³/mol. The molecular formula is C25H35FN8O3. The van der Waals surface area contributed by atoms with Crippen molar-refractivity contribution in [3.63, 3.8) is 0 Å². The molecule has 0 saturated heterocycles. The van der Waals surface area contributed by atoms with Gasteiger partial charge in [-0.15, -0.1) is 5.10 Å². The molecule has 2 aliphatic rings. The van der Waals surface area contributed by atoms with E-state index in [9.17, 15) is 9.18 Å². The molecule has 11 nitrogen and oxygen atoms in total. The van der Waals surface area contributed by atoms with E-state index in [2.05, 4.69) is 36.3 Å². The number of amides is 1. The number of aromatic nitrogens is 4. The third-order valence-corrected chi connectivity index (χ3v) is 6.16. The number of carbonyl (C=O) groups excluding carboxylic acids is 1. The Labute approximate surface area is 214 Å². The summed E-state index contributed by atoms with van der Waals surface area (Å²) in [6, 6.07) is 5.51. The first-order valence-corrected chi connectivity index (χ1v) is 12.8. The van der Waals surface area contributed by atoms with Crippen molar-refractivity contribution in [2.24, 2.45) is 0 Å². The fraction of sp³-hybridized carbons (Fsp3) is 0.520. The summed E-state index contributed by atoms with van der Waals surface area (Å²) in [4.78, 5) is 20.8. The molecular weight excluding hydrogens is 479 g/mol. The average Bonchev–Trinajstić information content (AvgIpc) is 3.60. The Morgan fingerprint density at radius 3 is 2.41 bits per heavy atom. The smallest absolute Gasteiger partial charge is 0.276 e. The first-order valence-electron chi connectivity index (χ1n) is 12.8. The molecule has 2 fully saturated rings. The number of carbonyl (C=O) groups is 1. The molecule has 0 aliphatic heterocycles. The summed E-state index contributed by atoms with van der Waals surface area (Å²) in [6.07, 6.45) is 11.0. The summed E-state index contributed by atoms with van der Waals surface area (Å²) in [5.41, 5.74) is 2.07. The topological polar surface area (TPSA) is 149 Å². The van der Waals surface area contributed by atoms with Crippen LogP contribution in [0.15, 0.2) is 30.6 Å². The lowest BCUT2D eigenvalue weighted by molar-refractivity contribution is 0.102. The monoisotopic (exact) mass is 514 g/mol. The summed E-state index contributed by atoms with van der Waals surface area (Å²) in [6.45, 7) is 1.42. The maximum Gasteiger partial charge on any atom is 0.276 e. The zero-order valence-electron chi connectivity index (χ0n) is 20.8.